The molecule has 1 fully saturated rings. The minimum absolute atomic E-state index is 0.0327. The Morgan fingerprint density at radius 2 is 1.54 bits per heavy atom. The first-order valence-corrected chi connectivity index (χ1v) is 10.1. The molecular weight excluding hydrogens is 350 g/mol. The summed E-state index contributed by atoms with van der Waals surface area (Å²) in [5, 5.41) is 10.6. The van der Waals surface area contributed by atoms with Crippen molar-refractivity contribution < 1.29 is 14.6 Å². The third-order valence-corrected chi connectivity index (χ3v) is 5.18. The summed E-state index contributed by atoms with van der Waals surface area (Å²) in [6.07, 6.45) is 4.97. The zero-order valence-electron chi connectivity index (χ0n) is 16.3. The van der Waals surface area contributed by atoms with Crippen LogP contribution < -0.4 is 5.11 Å². The van der Waals surface area contributed by atoms with E-state index in [-0.39, 0.29) is 6.10 Å². The van der Waals surface area contributed by atoms with Gasteiger partial charge in [0, 0.05) is 19.7 Å². The van der Waals surface area contributed by atoms with Gasteiger partial charge in [-0.05, 0) is 49.4 Å². The van der Waals surface area contributed by atoms with Crippen molar-refractivity contribution in [2.75, 3.05) is 26.2 Å². The highest BCUT2D eigenvalue weighted by Crippen LogP contribution is 2.26. The second-order valence-electron chi connectivity index (χ2n) is 7.24. The minimum Gasteiger partial charge on any atom is -0.545 e. The molecule has 28 heavy (non-hydrogen) atoms. The molecule has 1 aliphatic heterocycles. The number of benzene rings is 2. The average molecular weight is 378 g/mol. The van der Waals surface area contributed by atoms with Crippen molar-refractivity contribution in [2.24, 2.45) is 0 Å². The normalized spacial score (nSPS) is 15.0. The molecule has 3 rings (SSSR count). The van der Waals surface area contributed by atoms with Gasteiger partial charge in [0.1, 0.15) is 6.10 Å². The van der Waals surface area contributed by atoms with Crippen molar-refractivity contribution in [3.05, 3.63) is 83.4 Å². The quantitative estimate of drug-likeness (QED) is 0.496. The Morgan fingerprint density at radius 3 is 2.07 bits per heavy atom. The SMILES string of the molecule is O=C([O-])C=C1CCN(CCCCOC(c2ccccc2)c2ccccc2)CC1. The van der Waals surface area contributed by atoms with Crippen LogP contribution in [0.25, 0.3) is 0 Å². The summed E-state index contributed by atoms with van der Waals surface area (Å²) < 4.78 is 6.26. The molecule has 0 spiro atoms. The van der Waals surface area contributed by atoms with Crippen LogP contribution >= 0.6 is 0 Å². The topological polar surface area (TPSA) is 52.6 Å². The molecule has 4 heteroatoms. The number of carbonyl (C=O) groups excluding carboxylic acids is 1. The van der Waals surface area contributed by atoms with Crippen LogP contribution in [0.1, 0.15) is 42.9 Å². The fraction of sp³-hybridized carbons (Fsp3) is 0.375. The van der Waals surface area contributed by atoms with Gasteiger partial charge in [0.15, 0.2) is 0 Å². The van der Waals surface area contributed by atoms with E-state index in [1.54, 1.807) is 0 Å². The summed E-state index contributed by atoms with van der Waals surface area (Å²) in [7, 11) is 0. The maximum atomic E-state index is 10.6. The number of aliphatic carboxylic acids is 1. The number of carboxylic acids is 1. The summed E-state index contributed by atoms with van der Waals surface area (Å²) in [6, 6.07) is 20.7. The van der Waals surface area contributed by atoms with Gasteiger partial charge in [0.2, 0.25) is 0 Å². The number of carboxylic acid groups (broad SMARTS) is 1. The van der Waals surface area contributed by atoms with E-state index in [2.05, 4.69) is 29.2 Å². The van der Waals surface area contributed by atoms with E-state index in [4.69, 9.17) is 4.74 Å². The Labute approximate surface area is 167 Å². The van der Waals surface area contributed by atoms with Crippen LogP contribution in [0.3, 0.4) is 0 Å². The predicted octanol–water partition coefficient (Wildman–Crippen LogP) is 3.34. The van der Waals surface area contributed by atoms with Gasteiger partial charge in [-0.15, -0.1) is 0 Å². The Hall–Kier alpha value is -2.43. The number of unbranched alkanes of at least 4 members (excludes halogenated alkanes) is 1. The van der Waals surface area contributed by atoms with Crippen LogP contribution in [-0.4, -0.2) is 37.1 Å². The Kier molecular flexibility index (Phi) is 7.82. The molecule has 2 aromatic carbocycles. The molecule has 1 heterocycles. The number of nitrogens with zero attached hydrogens (tertiary/aromatic N) is 1. The van der Waals surface area contributed by atoms with Crippen LogP contribution in [-0.2, 0) is 9.53 Å². The van der Waals surface area contributed by atoms with Crippen molar-refractivity contribution in [2.45, 2.75) is 31.8 Å². The van der Waals surface area contributed by atoms with E-state index in [0.29, 0.717) is 0 Å². The lowest BCUT2D eigenvalue weighted by Crippen LogP contribution is -2.32. The third-order valence-electron chi connectivity index (χ3n) is 5.18. The first-order valence-electron chi connectivity index (χ1n) is 10.1. The van der Waals surface area contributed by atoms with Crippen LogP contribution in [0.4, 0.5) is 0 Å². The molecule has 2 aromatic rings. The highest BCUT2D eigenvalue weighted by molar-refractivity contribution is 5.78. The number of likely N-dealkylation sites (tertiary alicyclic amines) is 1. The number of piperidine rings is 1. The number of hydrogen-bond donors (Lipinski definition) is 0. The summed E-state index contributed by atoms with van der Waals surface area (Å²) in [5.74, 6) is -1.08. The summed E-state index contributed by atoms with van der Waals surface area (Å²) >= 11 is 0. The molecule has 148 valence electrons. The van der Waals surface area contributed by atoms with E-state index in [1.165, 1.54) is 17.2 Å². The maximum absolute atomic E-state index is 10.6. The zero-order chi connectivity index (χ0) is 19.6. The highest BCUT2D eigenvalue weighted by atomic mass is 16.5. The fourth-order valence-corrected chi connectivity index (χ4v) is 3.65. The van der Waals surface area contributed by atoms with E-state index >= 15 is 0 Å². The molecule has 0 unspecified atom stereocenters. The van der Waals surface area contributed by atoms with Crippen LogP contribution in [0, 0.1) is 0 Å². The number of ether oxygens (including phenoxy) is 1. The van der Waals surface area contributed by atoms with Crippen molar-refractivity contribution in [3.63, 3.8) is 0 Å². The minimum atomic E-state index is -1.08. The number of hydrogen-bond acceptors (Lipinski definition) is 4. The maximum Gasteiger partial charge on any atom is 0.108 e. The molecule has 0 bridgehead atoms. The van der Waals surface area contributed by atoms with Crippen molar-refractivity contribution in [1.29, 1.82) is 0 Å². The lowest BCUT2D eigenvalue weighted by atomic mass is 10.0. The number of rotatable bonds is 9. The lowest BCUT2D eigenvalue weighted by Gasteiger charge is -2.28. The predicted molar refractivity (Wildman–Crippen MR) is 109 cm³/mol. The van der Waals surface area contributed by atoms with Crippen molar-refractivity contribution >= 4 is 5.97 Å². The molecule has 0 aromatic heterocycles. The Morgan fingerprint density at radius 1 is 0.964 bits per heavy atom. The van der Waals surface area contributed by atoms with Gasteiger partial charge in [-0.2, -0.15) is 0 Å². The summed E-state index contributed by atoms with van der Waals surface area (Å²) in [5.41, 5.74) is 3.35. The van der Waals surface area contributed by atoms with E-state index in [9.17, 15) is 9.90 Å². The molecule has 0 atom stereocenters. The molecule has 0 aliphatic carbocycles. The van der Waals surface area contributed by atoms with Gasteiger partial charge < -0.3 is 19.5 Å². The Bertz CT molecular complexity index is 708. The van der Waals surface area contributed by atoms with Gasteiger partial charge in [0.25, 0.3) is 0 Å². The third kappa shape index (κ3) is 6.32. The molecule has 1 saturated heterocycles. The van der Waals surface area contributed by atoms with E-state index in [1.807, 2.05) is 36.4 Å². The first-order chi connectivity index (χ1) is 13.7. The van der Waals surface area contributed by atoms with Gasteiger partial charge in [0.05, 0.1) is 5.97 Å². The second-order valence-corrected chi connectivity index (χ2v) is 7.24. The molecule has 0 saturated carbocycles. The van der Waals surface area contributed by atoms with E-state index < -0.39 is 5.97 Å². The van der Waals surface area contributed by atoms with Gasteiger partial charge in [-0.1, -0.05) is 66.2 Å². The van der Waals surface area contributed by atoms with Gasteiger partial charge in [-0.25, -0.2) is 0 Å². The zero-order valence-corrected chi connectivity index (χ0v) is 16.3. The molecule has 1 aliphatic rings. The summed E-state index contributed by atoms with van der Waals surface area (Å²) in [6.45, 7) is 3.61. The fourth-order valence-electron chi connectivity index (χ4n) is 3.65. The molecule has 0 N–H and O–H groups in total. The Balaban J connectivity index is 1.42. The van der Waals surface area contributed by atoms with Crippen LogP contribution in [0.2, 0.25) is 0 Å². The lowest BCUT2D eigenvalue weighted by molar-refractivity contribution is -0.297. The van der Waals surface area contributed by atoms with E-state index in [0.717, 1.165) is 57.5 Å². The largest absolute Gasteiger partial charge is 0.545 e. The van der Waals surface area contributed by atoms with Gasteiger partial charge >= 0.3 is 0 Å². The highest BCUT2D eigenvalue weighted by Gasteiger charge is 2.15. The van der Waals surface area contributed by atoms with Crippen LogP contribution in [0.5, 0.6) is 0 Å². The average Bonchev–Trinajstić information content (AvgIpc) is 2.73. The van der Waals surface area contributed by atoms with Gasteiger partial charge in [-0.3, -0.25) is 0 Å². The molecular formula is C24H28NO3-. The molecule has 0 amide bonds. The molecule has 0 radical (unpaired) electrons. The van der Waals surface area contributed by atoms with Crippen molar-refractivity contribution in [3.8, 4) is 0 Å². The molecule has 4 nitrogen and oxygen atoms in total. The van der Waals surface area contributed by atoms with Crippen molar-refractivity contribution in [1.82, 2.24) is 4.90 Å². The van der Waals surface area contributed by atoms with Crippen LogP contribution in [0.15, 0.2) is 72.3 Å². The smallest absolute Gasteiger partial charge is 0.108 e. The number of carbonyl (C=O) groups is 1. The second kappa shape index (κ2) is 10.8. The first kappa shape index (κ1) is 20.3. The standard InChI is InChI=1S/C24H29NO3/c26-23(27)19-20-13-16-25(17-14-20)15-7-8-18-28-24(21-9-3-1-4-10-21)22-11-5-2-6-12-22/h1-6,9-12,19,24H,7-8,13-18H2,(H,26,27)/p-1. The summed E-state index contributed by atoms with van der Waals surface area (Å²) in [4.78, 5) is 13.0. The monoisotopic (exact) mass is 378 g/mol.